The second kappa shape index (κ2) is 6.07. The van der Waals surface area contributed by atoms with E-state index in [2.05, 4.69) is 23.9 Å². The van der Waals surface area contributed by atoms with Crippen molar-refractivity contribution in [3.63, 3.8) is 0 Å². The van der Waals surface area contributed by atoms with E-state index in [9.17, 15) is 8.42 Å². The summed E-state index contributed by atoms with van der Waals surface area (Å²) in [5.41, 5.74) is 2.21. The van der Waals surface area contributed by atoms with Gasteiger partial charge in [-0.05, 0) is 61.9 Å². The summed E-state index contributed by atoms with van der Waals surface area (Å²) in [6.07, 6.45) is 2.27. The molecule has 2 rings (SSSR count). The molecule has 1 aliphatic heterocycles. The van der Waals surface area contributed by atoms with Crippen LogP contribution in [0.2, 0.25) is 0 Å². The van der Waals surface area contributed by atoms with Crippen LogP contribution in [0.1, 0.15) is 37.8 Å². The average molecular weight is 310 g/mol. The lowest BCUT2D eigenvalue weighted by Crippen LogP contribution is -2.52. The van der Waals surface area contributed by atoms with Crippen LogP contribution in [0.5, 0.6) is 0 Å². The van der Waals surface area contributed by atoms with Gasteiger partial charge in [-0.2, -0.15) is 0 Å². The third kappa shape index (κ3) is 3.84. The standard InChI is InChI=1S/C16H26N2O2S/c1-12-6-7-14(10-13(12)2)21(19,20)18-11-15-16(3,4)8-5-9-17-15/h6-7,10,15,17-18H,5,8-9,11H2,1-4H3. The number of sulfonamides is 1. The number of hydrogen-bond acceptors (Lipinski definition) is 3. The molecule has 1 aromatic carbocycles. The summed E-state index contributed by atoms with van der Waals surface area (Å²) in [6.45, 7) is 9.68. The predicted molar refractivity (Wildman–Crippen MR) is 85.9 cm³/mol. The van der Waals surface area contributed by atoms with Crippen molar-refractivity contribution in [3.8, 4) is 0 Å². The first-order valence-corrected chi connectivity index (χ1v) is 9.01. The van der Waals surface area contributed by atoms with Crippen molar-refractivity contribution in [2.24, 2.45) is 5.41 Å². The van der Waals surface area contributed by atoms with Gasteiger partial charge in [-0.3, -0.25) is 0 Å². The highest BCUT2D eigenvalue weighted by atomic mass is 32.2. The summed E-state index contributed by atoms with van der Waals surface area (Å²) >= 11 is 0. The highest BCUT2D eigenvalue weighted by Crippen LogP contribution is 2.29. The lowest BCUT2D eigenvalue weighted by atomic mass is 9.78. The van der Waals surface area contributed by atoms with Crippen molar-refractivity contribution in [1.29, 1.82) is 0 Å². The number of nitrogens with one attached hydrogen (secondary N) is 2. The lowest BCUT2D eigenvalue weighted by molar-refractivity contribution is 0.181. The fourth-order valence-corrected chi connectivity index (χ4v) is 3.91. The van der Waals surface area contributed by atoms with E-state index in [4.69, 9.17) is 0 Å². The first kappa shape index (κ1) is 16.5. The van der Waals surface area contributed by atoms with Crippen LogP contribution in [0.25, 0.3) is 0 Å². The maximum atomic E-state index is 12.4. The van der Waals surface area contributed by atoms with Gasteiger partial charge < -0.3 is 5.32 Å². The van der Waals surface area contributed by atoms with Crippen molar-refractivity contribution in [1.82, 2.24) is 10.0 Å². The van der Waals surface area contributed by atoms with Crippen LogP contribution in [0, 0.1) is 19.3 Å². The molecule has 21 heavy (non-hydrogen) atoms. The highest BCUT2D eigenvalue weighted by Gasteiger charge is 2.32. The molecule has 1 heterocycles. The quantitative estimate of drug-likeness (QED) is 0.897. The van der Waals surface area contributed by atoms with Crippen LogP contribution in [0.4, 0.5) is 0 Å². The number of hydrogen-bond donors (Lipinski definition) is 2. The zero-order valence-corrected chi connectivity index (χ0v) is 14.2. The monoisotopic (exact) mass is 310 g/mol. The van der Waals surface area contributed by atoms with Crippen LogP contribution < -0.4 is 10.0 Å². The molecule has 1 aromatic rings. The molecular weight excluding hydrogens is 284 g/mol. The third-order valence-corrected chi connectivity index (χ3v) is 6.02. The minimum atomic E-state index is -3.44. The minimum absolute atomic E-state index is 0.115. The normalized spacial score (nSPS) is 22.2. The summed E-state index contributed by atoms with van der Waals surface area (Å²) in [4.78, 5) is 0.346. The topological polar surface area (TPSA) is 58.2 Å². The van der Waals surface area contributed by atoms with E-state index >= 15 is 0 Å². The predicted octanol–water partition coefficient (Wildman–Crippen LogP) is 2.36. The summed E-state index contributed by atoms with van der Waals surface area (Å²) in [5.74, 6) is 0. The summed E-state index contributed by atoms with van der Waals surface area (Å²) in [5, 5.41) is 3.43. The van der Waals surface area contributed by atoms with Crippen molar-refractivity contribution in [2.45, 2.75) is 51.5 Å². The fraction of sp³-hybridized carbons (Fsp3) is 0.625. The van der Waals surface area contributed by atoms with Crippen molar-refractivity contribution in [3.05, 3.63) is 29.3 Å². The highest BCUT2D eigenvalue weighted by molar-refractivity contribution is 7.89. The molecule has 1 aliphatic rings. The first-order valence-electron chi connectivity index (χ1n) is 7.53. The van der Waals surface area contributed by atoms with E-state index in [-0.39, 0.29) is 11.5 Å². The van der Waals surface area contributed by atoms with E-state index in [1.165, 1.54) is 0 Å². The van der Waals surface area contributed by atoms with E-state index in [1.807, 2.05) is 19.9 Å². The molecule has 5 heteroatoms. The maximum Gasteiger partial charge on any atom is 0.240 e. The molecule has 1 unspecified atom stereocenters. The Hall–Kier alpha value is -0.910. The second-order valence-electron chi connectivity index (χ2n) is 6.70. The van der Waals surface area contributed by atoms with E-state index < -0.39 is 10.0 Å². The van der Waals surface area contributed by atoms with Gasteiger partial charge in [-0.15, -0.1) is 0 Å². The zero-order valence-electron chi connectivity index (χ0n) is 13.4. The molecule has 0 aromatic heterocycles. The third-order valence-electron chi connectivity index (χ3n) is 4.60. The molecule has 4 nitrogen and oxygen atoms in total. The molecule has 0 saturated carbocycles. The van der Waals surface area contributed by atoms with Crippen LogP contribution in [0.15, 0.2) is 23.1 Å². The molecular formula is C16H26N2O2S. The van der Waals surface area contributed by atoms with E-state index in [0.717, 1.165) is 30.5 Å². The van der Waals surface area contributed by atoms with Gasteiger partial charge in [0.25, 0.3) is 0 Å². The number of aryl methyl sites for hydroxylation is 2. The Balaban J connectivity index is 2.09. The Labute approximate surface area is 128 Å². The SMILES string of the molecule is Cc1ccc(S(=O)(=O)NCC2NCCCC2(C)C)cc1C. The first-order chi connectivity index (χ1) is 9.72. The van der Waals surface area contributed by atoms with Crippen molar-refractivity contribution >= 4 is 10.0 Å². The van der Waals surface area contributed by atoms with Gasteiger partial charge in [0.1, 0.15) is 0 Å². The van der Waals surface area contributed by atoms with Gasteiger partial charge >= 0.3 is 0 Å². The van der Waals surface area contributed by atoms with Crippen molar-refractivity contribution < 1.29 is 8.42 Å². The summed E-state index contributed by atoms with van der Waals surface area (Å²) < 4.78 is 27.6. The Kier molecular flexibility index (Phi) is 4.76. The van der Waals surface area contributed by atoms with E-state index in [0.29, 0.717) is 11.4 Å². The molecule has 1 fully saturated rings. The van der Waals surface area contributed by atoms with Gasteiger partial charge in [0, 0.05) is 12.6 Å². The molecule has 0 radical (unpaired) electrons. The molecule has 0 aliphatic carbocycles. The van der Waals surface area contributed by atoms with Crippen molar-refractivity contribution in [2.75, 3.05) is 13.1 Å². The van der Waals surface area contributed by atoms with Crippen LogP contribution >= 0.6 is 0 Å². The Morgan fingerprint density at radius 2 is 2.00 bits per heavy atom. The summed E-state index contributed by atoms with van der Waals surface area (Å²) in [7, 11) is -3.44. The fourth-order valence-electron chi connectivity index (χ4n) is 2.78. The molecule has 0 spiro atoms. The van der Waals surface area contributed by atoms with Gasteiger partial charge in [0.05, 0.1) is 4.90 Å². The number of rotatable bonds is 4. The molecule has 1 saturated heterocycles. The van der Waals surface area contributed by atoms with Crippen LogP contribution in [-0.4, -0.2) is 27.5 Å². The zero-order chi connectivity index (χ0) is 15.7. The van der Waals surface area contributed by atoms with Gasteiger partial charge in [-0.1, -0.05) is 19.9 Å². The largest absolute Gasteiger partial charge is 0.312 e. The molecule has 1 atom stereocenters. The van der Waals surface area contributed by atoms with Crippen LogP contribution in [-0.2, 0) is 10.0 Å². The number of piperidine rings is 1. The Bertz CT molecular complexity index is 609. The van der Waals surface area contributed by atoms with E-state index in [1.54, 1.807) is 12.1 Å². The average Bonchev–Trinajstić information content (AvgIpc) is 2.40. The molecule has 2 N–H and O–H groups in total. The van der Waals surface area contributed by atoms with Gasteiger partial charge in [-0.25, -0.2) is 13.1 Å². The number of benzene rings is 1. The van der Waals surface area contributed by atoms with Gasteiger partial charge in [0.2, 0.25) is 10.0 Å². The molecule has 118 valence electrons. The smallest absolute Gasteiger partial charge is 0.240 e. The minimum Gasteiger partial charge on any atom is -0.312 e. The summed E-state index contributed by atoms with van der Waals surface area (Å²) in [6, 6.07) is 5.43. The maximum absolute atomic E-state index is 12.4. The Morgan fingerprint density at radius 1 is 1.29 bits per heavy atom. The van der Waals surface area contributed by atoms with Gasteiger partial charge in [0.15, 0.2) is 0 Å². The molecule has 0 amide bonds. The van der Waals surface area contributed by atoms with Crippen LogP contribution in [0.3, 0.4) is 0 Å². The second-order valence-corrected chi connectivity index (χ2v) is 8.46. The Morgan fingerprint density at radius 3 is 2.62 bits per heavy atom. The lowest BCUT2D eigenvalue weighted by Gasteiger charge is -2.39. The molecule has 0 bridgehead atoms.